The van der Waals surface area contributed by atoms with Gasteiger partial charge in [-0.05, 0) is 48.9 Å². The van der Waals surface area contributed by atoms with Crippen molar-refractivity contribution in [2.24, 2.45) is 0 Å². The number of carbonyl (C=O) groups excluding carboxylic acids is 1. The number of ether oxygens (including phenoxy) is 1. The van der Waals surface area contributed by atoms with E-state index in [0.29, 0.717) is 11.8 Å². The molecule has 0 aliphatic heterocycles. The molecule has 23 heavy (non-hydrogen) atoms. The fourth-order valence-corrected chi connectivity index (χ4v) is 2.96. The lowest BCUT2D eigenvalue weighted by atomic mass is 9.97. The van der Waals surface area contributed by atoms with Gasteiger partial charge in [-0.1, -0.05) is 12.1 Å². The van der Waals surface area contributed by atoms with Crippen LogP contribution in [0.3, 0.4) is 0 Å². The molecule has 0 saturated heterocycles. The minimum absolute atomic E-state index is 0.0986. The number of nitrogens with one attached hydrogen (secondary N) is 1. The summed E-state index contributed by atoms with van der Waals surface area (Å²) >= 11 is 0. The summed E-state index contributed by atoms with van der Waals surface area (Å²) < 4.78 is 17.9. The molecule has 5 nitrogen and oxygen atoms in total. The zero-order chi connectivity index (χ0) is 16.2. The van der Waals surface area contributed by atoms with Crippen molar-refractivity contribution in [2.45, 2.75) is 31.2 Å². The first-order chi connectivity index (χ1) is 11.2. The molecule has 0 spiro atoms. The first-order valence-electron chi connectivity index (χ1n) is 7.60. The highest BCUT2D eigenvalue weighted by Gasteiger charge is 2.27. The number of hydrogen-bond acceptors (Lipinski definition) is 4. The number of methoxy groups -OCH3 is 1. The van der Waals surface area contributed by atoms with E-state index in [4.69, 9.17) is 4.74 Å². The number of amides is 1. The van der Waals surface area contributed by atoms with Crippen LogP contribution in [0, 0.1) is 5.82 Å². The monoisotopic (exact) mass is 315 g/mol. The van der Waals surface area contributed by atoms with Crippen molar-refractivity contribution < 1.29 is 13.9 Å². The van der Waals surface area contributed by atoms with Crippen LogP contribution in [0.25, 0.3) is 0 Å². The molecule has 1 saturated carbocycles. The zero-order valence-corrected chi connectivity index (χ0v) is 12.8. The number of carbonyl (C=O) groups is 1. The van der Waals surface area contributed by atoms with E-state index in [0.717, 1.165) is 24.8 Å². The van der Waals surface area contributed by atoms with Gasteiger partial charge in [-0.25, -0.2) is 4.39 Å². The highest BCUT2D eigenvalue weighted by Crippen LogP contribution is 2.34. The number of benzene rings is 1. The molecule has 1 aliphatic rings. The highest BCUT2D eigenvalue weighted by molar-refractivity contribution is 5.92. The lowest BCUT2D eigenvalue weighted by molar-refractivity contribution is 0.0931. The second-order valence-corrected chi connectivity index (χ2v) is 5.69. The van der Waals surface area contributed by atoms with Crippen LogP contribution in [0.15, 0.2) is 36.4 Å². The predicted octanol–water partition coefficient (Wildman–Crippen LogP) is 2.69. The van der Waals surface area contributed by atoms with Gasteiger partial charge in [0.25, 0.3) is 5.91 Å². The Labute approximate surface area is 133 Å². The summed E-state index contributed by atoms with van der Waals surface area (Å²) in [6, 6.07) is 9.90. The summed E-state index contributed by atoms with van der Waals surface area (Å²) in [4.78, 5) is 12.2. The Morgan fingerprint density at radius 2 is 1.96 bits per heavy atom. The van der Waals surface area contributed by atoms with Crippen LogP contribution in [-0.4, -0.2) is 29.3 Å². The predicted molar refractivity (Wildman–Crippen MR) is 82.8 cm³/mol. The molecule has 3 rings (SSSR count). The molecule has 1 N–H and O–H groups in total. The molecule has 120 valence electrons. The van der Waals surface area contributed by atoms with Crippen molar-refractivity contribution in [3.63, 3.8) is 0 Å². The van der Waals surface area contributed by atoms with Gasteiger partial charge >= 0.3 is 0 Å². The average Bonchev–Trinajstić information content (AvgIpc) is 3.04. The minimum atomic E-state index is -0.232. The topological polar surface area (TPSA) is 64.1 Å². The van der Waals surface area contributed by atoms with Gasteiger partial charge in [-0.3, -0.25) is 4.79 Å². The van der Waals surface area contributed by atoms with Crippen LogP contribution in [-0.2, 0) is 0 Å². The molecule has 1 amide bonds. The van der Waals surface area contributed by atoms with E-state index in [9.17, 15) is 9.18 Å². The second-order valence-electron chi connectivity index (χ2n) is 5.69. The van der Waals surface area contributed by atoms with Crippen molar-refractivity contribution in [2.75, 3.05) is 7.11 Å². The van der Waals surface area contributed by atoms with Gasteiger partial charge in [0.05, 0.1) is 7.11 Å². The standard InChI is InChI=1S/C17H18FN3O2/c1-23-16-9-8-15(20-21-16)17(22)19-14-7-4-12(10-14)11-2-5-13(18)6-3-11/h2-3,5-6,8-9,12,14H,4,7,10H2,1H3,(H,19,22). The minimum Gasteiger partial charge on any atom is -0.480 e. The zero-order valence-electron chi connectivity index (χ0n) is 12.8. The quantitative estimate of drug-likeness (QED) is 0.942. The number of nitrogens with zero attached hydrogens (tertiary/aromatic N) is 2. The Morgan fingerprint density at radius 3 is 2.61 bits per heavy atom. The lowest BCUT2D eigenvalue weighted by Gasteiger charge is -2.13. The third kappa shape index (κ3) is 3.64. The van der Waals surface area contributed by atoms with Crippen molar-refractivity contribution in [1.29, 1.82) is 0 Å². The Kier molecular flexibility index (Phi) is 4.50. The summed E-state index contributed by atoms with van der Waals surface area (Å²) in [7, 11) is 1.50. The van der Waals surface area contributed by atoms with Gasteiger partial charge < -0.3 is 10.1 Å². The molecule has 0 bridgehead atoms. The molecular formula is C17H18FN3O2. The second kappa shape index (κ2) is 6.73. The molecule has 2 atom stereocenters. The van der Waals surface area contributed by atoms with E-state index >= 15 is 0 Å². The Morgan fingerprint density at radius 1 is 1.17 bits per heavy atom. The molecule has 6 heteroatoms. The van der Waals surface area contributed by atoms with E-state index in [1.807, 2.05) is 12.1 Å². The van der Waals surface area contributed by atoms with E-state index in [-0.39, 0.29) is 23.5 Å². The normalized spacial score (nSPS) is 20.3. The van der Waals surface area contributed by atoms with E-state index in [1.165, 1.54) is 19.2 Å². The van der Waals surface area contributed by atoms with E-state index in [1.54, 1.807) is 12.1 Å². The molecule has 1 heterocycles. The third-order valence-corrected chi connectivity index (χ3v) is 4.19. The maximum Gasteiger partial charge on any atom is 0.272 e. The third-order valence-electron chi connectivity index (χ3n) is 4.19. The summed E-state index contributed by atoms with van der Waals surface area (Å²) in [6.45, 7) is 0. The van der Waals surface area contributed by atoms with Crippen LogP contribution in [0.2, 0.25) is 0 Å². The van der Waals surface area contributed by atoms with Gasteiger partial charge in [0.2, 0.25) is 5.88 Å². The Hall–Kier alpha value is -2.50. The smallest absolute Gasteiger partial charge is 0.272 e. The molecule has 0 radical (unpaired) electrons. The summed E-state index contributed by atoms with van der Waals surface area (Å²) in [5.41, 5.74) is 1.39. The van der Waals surface area contributed by atoms with Crippen molar-refractivity contribution in [3.05, 3.63) is 53.5 Å². The largest absolute Gasteiger partial charge is 0.480 e. The molecule has 1 aliphatic carbocycles. The van der Waals surface area contributed by atoms with Crippen LogP contribution in [0.5, 0.6) is 5.88 Å². The molecule has 2 unspecified atom stereocenters. The van der Waals surface area contributed by atoms with Gasteiger partial charge in [-0.15, -0.1) is 10.2 Å². The van der Waals surface area contributed by atoms with Crippen LogP contribution in [0.4, 0.5) is 4.39 Å². The Balaban J connectivity index is 1.58. The molecule has 2 aromatic rings. The van der Waals surface area contributed by atoms with Crippen molar-refractivity contribution in [3.8, 4) is 5.88 Å². The van der Waals surface area contributed by atoms with Gasteiger partial charge in [-0.2, -0.15) is 0 Å². The molecule has 1 aromatic heterocycles. The van der Waals surface area contributed by atoms with Crippen LogP contribution < -0.4 is 10.1 Å². The molecule has 1 aromatic carbocycles. The Bertz CT molecular complexity index is 673. The highest BCUT2D eigenvalue weighted by atomic mass is 19.1. The summed E-state index contributed by atoms with van der Waals surface area (Å²) in [5, 5.41) is 10.6. The first kappa shape index (κ1) is 15.4. The summed E-state index contributed by atoms with van der Waals surface area (Å²) in [5.74, 6) is 0.265. The van der Waals surface area contributed by atoms with E-state index in [2.05, 4.69) is 15.5 Å². The fourth-order valence-electron chi connectivity index (χ4n) is 2.96. The summed E-state index contributed by atoms with van der Waals surface area (Å²) in [6.07, 6.45) is 2.73. The number of halogens is 1. The number of aromatic nitrogens is 2. The SMILES string of the molecule is COc1ccc(C(=O)NC2CCC(c3ccc(F)cc3)C2)nn1. The first-order valence-corrected chi connectivity index (χ1v) is 7.60. The number of hydrogen-bond donors (Lipinski definition) is 1. The fraction of sp³-hybridized carbons (Fsp3) is 0.353. The van der Waals surface area contributed by atoms with Crippen molar-refractivity contribution in [1.82, 2.24) is 15.5 Å². The molecular weight excluding hydrogens is 297 g/mol. The van der Waals surface area contributed by atoms with Gasteiger partial charge in [0.15, 0.2) is 5.69 Å². The maximum atomic E-state index is 13.0. The lowest BCUT2D eigenvalue weighted by Crippen LogP contribution is -2.33. The van der Waals surface area contributed by atoms with Crippen LogP contribution >= 0.6 is 0 Å². The van der Waals surface area contributed by atoms with E-state index < -0.39 is 0 Å². The maximum absolute atomic E-state index is 13.0. The molecule has 1 fully saturated rings. The average molecular weight is 315 g/mol. The van der Waals surface area contributed by atoms with Gasteiger partial charge in [0.1, 0.15) is 5.82 Å². The van der Waals surface area contributed by atoms with Crippen molar-refractivity contribution >= 4 is 5.91 Å². The van der Waals surface area contributed by atoms with Crippen LogP contribution in [0.1, 0.15) is 41.2 Å². The number of rotatable bonds is 4. The van der Waals surface area contributed by atoms with Gasteiger partial charge in [0, 0.05) is 12.1 Å².